The molecule has 1 aromatic heterocycles. The van der Waals surface area contributed by atoms with Crippen LogP contribution >= 0.6 is 0 Å². The van der Waals surface area contributed by atoms with Crippen LogP contribution in [0, 0.1) is 13.8 Å². The average Bonchev–Trinajstić information content (AvgIpc) is 2.46. The van der Waals surface area contributed by atoms with Crippen LogP contribution in [0.4, 0.5) is 5.69 Å². The van der Waals surface area contributed by atoms with Gasteiger partial charge in [0, 0.05) is 37.2 Å². The highest BCUT2D eigenvalue weighted by molar-refractivity contribution is 5.94. The van der Waals surface area contributed by atoms with Gasteiger partial charge in [0.05, 0.1) is 0 Å². The molecule has 1 aromatic carbocycles. The van der Waals surface area contributed by atoms with Crippen LogP contribution in [0.3, 0.4) is 0 Å². The molecule has 0 bridgehead atoms. The first-order valence-corrected chi connectivity index (χ1v) is 6.58. The van der Waals surface area contributed by atoms with E-state index in [1.165, 1.54) is 0 Å². The number of amides is 1. The van der Waals surface area contributed by atoms with Crippen molar-refractivity contribution >= 4 is 11.6 Å². The number of anilines is 1. The van der Waals surface area contributed by atoms with Crippen LogP contribution in [0.2, 0.25) is 0 Å². The highest BCUT2D eigenvalue weighted by Crippen LogP contribution is 2.15. The molecule has 2 aromatic rings. The molecule has 2 N–H and O–H groups in total. The largest absolute Gasteiger partial charge is 0.388 e. The Balaban J connectivity index is 2.05. The lowest BCUT2D eigenvalue weighted by Gasteiger charge is -2.10. The molecule has 0 aliphatic carbocycles. The second-order valence-corrected chi connectivity index (χ2v) is 4.76. The number of nitrogens with zero attached hydrogens (tertiary/aromatic N) is 1. The van der Waals surface area contributed by atoms with Crippen molar-refractivity contribution in [1.82, 2.24) is 10.3 Å². The van der Waals surface area contributed by atoms with Crippen LogP contribution in [0.25, 0.3) is 0 Å². The van der Waals surface area contributed by atoms with E-state index in [0.717, 1.165) is 22.4 Å². The van der Waals surface area contributed by atoms with Gasteiger partial charge >= 0.3 is 0 Å². The molecule has 0 radical (unpaired) electrons. The summed E-state index contributed by atoms with van der Waals surface area (Å²) in [4.78, 5) is 16.2. The highest BCUT2D eigenvalue weighted by atomic mass is 16.1. The highest BCUT2D eigenvalue weighted by Gasteiger charge is 2.07. The maximum atomic E-state index is 12.1. The number of rotatable bonds is 4. The Morgan fingerprint density at radius 2 is 2.00 bits per heavy atom. The molecule has 1 amide bonds. The second-order valence-electron chi connectivity index (χ2n) is 4.76. The first kappa shape index (κ1) is 14.1. The van der Waals surface area contributed by atoms with Crippen molar-refractivity contribution in [1.29, 1.82) is 0 Å². The van der Waals surface area contributed by atoms with E-state index in [0.29, 0.717) is 12.1 Å². The Kier molecular flexibility index (Phi) is 4.35. The van der Waals surface area contributed by atoms with Crippen LogP contribution in [-0.2, 0) is 6.54 Å². The summed E-state index contributed by atoms with van der Waals surface area (Å²) >= 11 is 0. The quantitative estimate of drug-likeness (QED) is 0.897. The fourth-order valence-electron chi connectivity index (χ4n) is 2.04. The number of nitrogens with one attached hydrogen (secondary N) is 2. The van der Waals surface area contributed by atoms with Crippen molar-refractivity contribution in [3.63, 3.8) is 0 Å². The topological polar surface area (TPSA) is 54.0 Å². The van der Waals surface area contributed by atoms with Crippen LogP contribution in [0.5, 0.6) is 0 Å². The molecule has 0 fully saturated rings. The Hall–Kier alpha value is -2.36. The van der Waals surface area contributed by atoms with E-state index in [4.69, 9.17) is 0 Å². The molecule has 104 valence electrons. The van der Waals surface area contributed by atoms with Gasteiger partial charge in [-0.05, 0) is 54.8 Å². The van der Waals surface area contributed by atoms with Crippen molar-refractivity contribution in [3.8, 4) is 0 Å². The number of aromatic nitrogens is 1. The van der Waals surface area contributed by atoms with Gasteiger partial charge in [-0.1, -0.05) is 0 Å². The van der Waals surface area contributed by atoms with Crippen LogP contribution in [0.15, 0.2) is 36.7 Å². The minimum absolute atomic E-state index is 0.0704. The number of benzene rings is 1. The van der Waals surface area contributed by atoms with Crippen molar-refractivity contribution in [3.05, 3.63) is 58.9 Å². The Morgan fingerprint density at radius 3 is 2.65 bits per heavy atom. The summed E-state index contributed by atoms with van der Waals surface area (Å²) in [5, 5.41) is 6.01. The Morgan fingerprint density at radius 1 is 1.20 bits per heavy atom. The average molecular weight is 269 g/mol. The van der Waals surface area contributed by atoms with Crippen LogP contribution in [0.1, 0.15) is 27.0 Å². The first-order chi connectivity index (χ1) is 9.61. The Bertz CT molecular complexity index is 623. The van der Waals surface area contributed by atoms with Gasteiger partial charge in [0.15, 0.2) is 0 Å². The van der Waals surface area contributed by atoms with Crippen LogP contribution < -0.4 is 10.6 Å². The van der Waals surface area contributed by atoms with E-state index in [1.807, 2.05) is 45.2 Å². The van der Waals surface area contributed by atoms with Crippen molar-refractivity contribution in [2.45, 2.75) is 20.4 Å². The maximum absolute atomic E-state index is 12.1. The molecule has 0 aliphatic heterocycles. The van der Waals surface area contributed by atoms with Gasteiger partial charge in [0.2, 0.25) is 0 Å². The minimum Gasteiger partial charge on any atom is -0.388 e. The number of hydrogen-bond acceptors (Lipinski definition) is 3. The van der Waals surface area contributed by atoms with Gasteiger partial charge in [0.1, 0.15) is 0 Å². The molecule has 0 saturated carbocycles. The third kappa shape index (κ3) is 3.15. The predicted octanol–water partition coefficient (Wildman–Crippen LogP) is 2.67. The number of carbonyl (C=O) groups is 1. The molecule has 2 rings (SSSR count). The molecular weight excluding hydrogens is 250 g/mol. The molecule has 0 atom stereocenters. The fourth-order valence-corrected chi connectivity index (χ4v) is 2.04. The van der Waals surface area contributed by atoms with Gasteiger partial charge in [-0.15, -0.1) is 0 Å². The second kappa shape index (κ2) is 6.19. The fraction of sp³-hybridized carbons (Fsp3) is 0.250. The van der Waals surface area contributed by atoms with Gasteiger partial charge in [-0.3, -0.25) is 9.78 Å². The summed E-state index contributed by atoms with van der Waals surface area (Å²) in [6.45, 7) is 4.48. The third-order valence-electron chi connectivity index (χ3n) is 3.34. The number of aryl methyl sites for hydroxylation is 2. The SMILES string of the molecule is CNc1ccc(C(=O)NCc2cnccc2C)cc1C. The summed E-state index contributed by atoms with van der Waals surface area (Å²) in [5.41, 5.74) is 4.91. The zero-order valence-corrected chi connectivity index (χ0v) is 12.0. The molecule has 4 nitrogen and oxygen atoms in total. The monoisotopic (exact) mass is 269 g/mol. The normalized spacial score (nSPS) is 10.2. The summed E-state index contributed by atoms with van der Waals surface area (Å²) < 4.78 is 0. The smallest absolute Gasteiger partial charge is 0.251 e. The van der Waals surface area contributed by atoms with Crippen molar-refractivity contribution in [2.75, 3.05) is 12.4 Å². The standard InChI is InChI=1S/C16H19N3O/c1-11-6-7-18-9-14(11)10-19-16(20)13-4-5-15(17-3)12(2)8-13/h4-9,17H,10H2,1-3H3,(H,19,20). The predicted molar refractivity (Wildman–Crippen MR) is 80.9 cm³/mol. The molecule has 0 saturated heterocycles. The molecule has 0 unspecified atom stereocenters. The number of carbonyl (C=O) groups excluding carboxylic acids is 1. The zero-order valence-electron chi connectivity index (χ0n) is 12.0. The van der Waals surface area contributed by atoms with E-state index in [2.05, 4.69) is 15.6 Å². The lowest BCUT2D eigenvalue weighted by molar-refractivity contribution is 0.0951. The van der Waals surface area contributed by atoms with Crippen molar-refractivity contribution in [2.24, 2.45) is 0 Å². The molecule has 0 aliphatic rings. The first-order valence-electron chi connectivity index (χ1n) is 6.58. The van der Waals surface area contributed by atoms with E-state index >= 15 is 0 Å². The van der Waals surface area contributed by atoms with E-state index in [-0.39, 0.29) is 5.91 Å². The maximum Gasteiger partial charge on any atom is 0.251 e. The zero-order chi connectivity index (χ0) is 14.5. The van der Waals surface area contributed by atoms with Gasteiger partial charge < -0.3 is 10.6 Å². The molecular formula is C16H19N3O. The molecule has 1 heterocycles. The van der Waals surface area contributed by atoms with Crippen molar-refractivity contribution < 1.29 is 4.79 Å². The lowest BCUT2D eigenvalue weighted by atomic mass is 10.1. The lowest BCUT2D eigenvalue weighted by Crippen LogP contribution is -2.23. The number of hydrogen-bond donors (Lipinski definition) is 2. The minimum atomic E-state index is -0.0704. The van der Waals surface area contributed by atoms with Gasteiger partial charge in [0.25, 0.3) is 5.91 Å². The van der Waals surface area contributed by atoms with Gasteiger partial charge in [-0.2, -0.15) is 0 Å². The van der Waals surface area contributed by atoms with E-state index in [1.54, 1.807) is 12.4 Å². The Labute approximate surface area is 119 Å². The molecule has 20 heavy (non-hydrogen) atoms. The van der Waals surface area contributed by atoms with E-state index in [9.17, 15) is 4.79 Å². The summed E-state index contributed by atoms with van der Waals surface area (Å²) in [5.74, 6) is -0.0704. The summed E-state index contributed by atoms with van der Waals surface area (Å²) in [6.07, 6.45) is 3.53. The van der Waals surface area contributed by atoms with E-state index < -0.39 is 0 Å². The van der Waals surface area contributed by atoms with Crippen LogP contribution in [-0.4, -0.2) is 17.9 Å². The number of pyridine rings is 1. The summed E-state index contributed by atoms with van der Waals surface area (Å²) in [6, 6.07) is 7.56. The van der Waals surface area contributed by atoms with Gasteiger partial charge in [-0.25, -0.2) is 0 Å². The molecule has 0 spiro atoms. The molecule has 4 heteroatoms. The third-order valence-corrected chi connectivity index (χ3v) is 3.34. The summed E-state index contributed by atoms with van der Waals surface area (Å²) in [7, 11) is 1.87.